The van der Waals surface area contributed by atoms with Crippen LogP contribution in [0.15, 0.2) is 150 Å². The molecule has 0 fully saturated rings. The Bertz CT molecular complexity index is 2390. The summed E-state index contributed by atoms with van der Waals surface area (Å²) in [6.45, 7) is 8.51. The lowest BCUT2D eigenvalue weighted by Gasteiger charge is -2.25. The highest BCUT2D eigenvalue weighted by atomic mass is 32.1. The Balaban J connectivity index is 1.14. The predicted molar refractivity (Wildman–Crippen MR) is 215 cm³/mol. The van der Waals surface area contributed by atoms with E-state index in [0.29, 0.717) is 0 Å². The van der Waals surface area contributed by atoms with Gasteiger partial charge in [0.15, 0.2) is 0 Å². The molecule has 0 saturated carbocycles. The average molecular weight is 665 g/mol. The lowest BCUT2D eigenvalue weighted by molar-refractivity contribution is 0.669. The van der Waals surface area contributed by atoms with Crippen LogP contribution in [0.4, 0.5) is 34.1 Å². The summed E-state index contributed by atoms with van der Waals surface area (Å²) in [7, 11) is 0. The minimum absolute atomic E-state index is 0.887. The first-order valence-corrected chi connectivity index (χ1v) is 17.9. The van der Waals surface area contributed by atoms with Gasteiger partial charge in [-0.15, -0.1) is 11.3 Å². The second-order valence-electron chi connectivity index (χ2n) is 13.4. The summed E-state index contributed by atoms with van der Waals surface area (Å²) in [5.74, 6) is 0. The molecule has 0 atom stereocenters. The van der Waals surface area contributed by atoms with Crippen molar-refractivity contribution >= 4 is 87.6 Å². The fourth-order valence-electron chi connectivity index (χ4n) is 6.97. The van der Waals surface area contributed by atoms with Crippen LogP contribution in [0.1, 0.15) is 22.3 Å². The molecular formula is C46H36N2OS. The van der Waals surface area contributed by atoms with Crippen LogP contribution in [0.25, 0.3) is 42.1 Å². The first-order chi connectivity index (χ1) is 24.4. The second-order valence-corrected chi connectivity index (χ2v) is 14.5. The van der Waals surface area contributed by atoms with Crippen LogP contribution in [-0.4, -0.2) is 0 Å². The van der Waals surface area contributed by atoms with E-state index >= 15 is 0 Å². The van der Waals surface area contributed by atoms with Crippen molar-refractivity contribution in [1.29, 1.82) is 0 Å². The number of fused-ring (bicyclic) bond motifs is 6. The van der Waals surface area contributed by atoms with Crippen molar-refractivity contribution in [3.8, 4) is 0 Å². The molecule has 0 bridgehead atoms. The molecule has 9 aromatic rings. The topological polar surface area (TPSA) is 19.6 Å². The highest BCUT2D eigenvalue weighted by Crippen LogP contribution is 2.44. The molecule has 0 radical (unpaired) electrons. The summed E-state index contributed by atoms with van der Waals surface area (Å²) >= 11 is 1.84. The van der Waals surface area contributed by atoms with E-state index in [2.05, 4.69) is 183 Å². The van der Waals surface area contributed by atoms with Gasteiger partial charge >= 0.3 is 0 Å². The van der Waals surface area contributed by atoms with E-state index in [0.717, 1.165) is 56.1 Å². The Morgan fingerprint density at radius 2 is 0.720 bits per heavy atom. The molecule has 0 N–H and O–H groups in total. The Morgan fingerprint density at radius 1 is 0.340 bits per heavy atom. The maximum absolute atomic E-state index is 6.65. The van der Waals surface area contributed by atoms with Crippen LogP contribution in [0.2, 0.25) is 0 Å². The molecule has 0 spiro atoms. The average Bonchev–Trinajstić information content (AvgIpc) is 3.67. The molecule has 0 aliphatic heterocycles. The van der Waals surface area contributed by atoms with Crippen LogP contribution in [0, 0.1) is 27.7 Å². The summed E-state index contributed by atoms with van der Waals surface area (Å²) in [5.41, 5.74) is 13.5. The van der Waals surface area contributed by atoms with Crippen molar-refractivity contribution in [2.24, 2.45) is 0 Å². The van der Waals surface area contributed by atoms with Crippen LogP contribution >= 0.6 is 11.3 Å². The van der Waals surface area contributed by atoms with Gasteiger partial charge in [0, 0.05) is 71.1 Å². The summed E-state index contributed by atoms with van der Waals surface area (Å²) in [6, 6.07) is 52.9. The van der Waals surface area contributed by atoms with Gasteiger partial charge in [-0.25, -0.2) is 0 Å². The van der Waals surface area contributed by atoms with E-state index in [4.69, 9.17) is 4.42 Å². The minimum Gasteiger partial charge on any atom is -0.456 e. The lowest BCUT2D eigenvalue weighted by Crippen LogP contribution is -2.09. The molecule has 9 rings (SSSR count). The summed E-state index contributed by atoms with van der Waals surface area (Å²) < 4.78 is 9.16. The normalized spacial score (nSPS) is 11.6. The van der Waals surface area contributed by atoms with Gasteiger partial charge in [0.1, 0.15) is 11.2 Å². The third-order valence-electron chi connectivity index (χ3n) is 9.72. The highest BCUT2D eigenvalue weighted by molar-refractivity contribution is 7.26. The molecular weight excluding hydrogens is 629 g/mol. The van der Waals surface area contributed by atoms with Crippen molar-refractivity contribution in [3.63, 3.8) is 0 Å². The van der Waals surface area contributed by atoms with E-state index < -0.39 is 0 Å². The van der Waals surface area contributed by atoms with Crippen LogP contribution < -0.4 is 9.80 Å². The molecule has 7 aromatic carbocycles. The number of thiophene rings is 1. The van der Waals surface area contributed by atoms with Crippen molar-refractivity contribution in [2.75, 3.05) is 9.80 Å². The lowest BCUT2D eigenvalue weighted by atomic mass is 10.1. The zero-order chi connectivity index (χ0) is 33.9. The fraction of sp³-hybridized carbons (Fsp3) is 0.0870. The van der Waals surface area contributed by atoms with Gasteiger partial charge < -0.3 is 14.2 Å². The van der Waals surface area contributed by atoms with Gasteiger partial charge in [0.25, 0.3) is 0 Å². The number of hydrogen-bond donors (Lipinski definition) is 0. The van der Waals surface area contributed by atoms with Gasteiger partial charge in [0.2, 0.25) is 0 Å². The maximum Gasteiger partial charge on any atom is 0.137 e. The van der Waals surface area contributed by atoms with Gasteiger partial charge in [-0.05, 0) is 113 Å². The Hall–Kier alpha value is -5.84. The van der Waals surface area contributed by atoms with Crippen LogP contribution in [0.5, 0.6) is 0 Å². The van der Waals surface area contributed by atoms with Crippen molar-refractivity contribution in [2.45, 2.75) is 27.7 Å². The number of nitrogens with zero attached hydrogens (tertiary/aromatic N) is 2. The maximum atomic E-state index is 6.65. The van der Waals surface area contributed by atoms with Crippen molar-refractivity contribution < 1.29 is 4.42 Å². The number of furan rings is 1. The Labute approximate surface area is 296 Å². The number of hydrogen-bond acceptors (Lipinski definition) is 4. The standard InChI is InChI=1S/C46H36N2OS/c1-29-5-13-33(14-6-29)47(34-15-7-30(2)8-16-34)37-21-23-39-41-28-46-42(27-44(41)49-43(39)25-37)40-24-22-38(26-45(40)50-46)48(35-17-9-31(3)10-18-35)36-19-11-32(4)12-20-36/h5-28H,1-4H3. The summed E-state index contributed by atoms with van der Waals surface area (Å²) in [5, 5.41) is 4.74. The number of benzene rings is 7. The molecule has 0 amide bonds. The Morgan fingerprint density at radius 3 is 1.20 bits per heavy atom. The van der Waals surface area contributed by atoms with Crippen molar-refractivity contribution in [3.05, 3.63) is 168 Å². The van der Waals surface area contributed by atoms with Gasteiger partial charge in [0.05, 0.1) is 0 Å². The SMILES string of the molecule is Cc1ccc(N(c2ccc(C)cc2)c2ccc3c(c2)oc2cc4c(cc23)sc2cc(N(c3ccc(C)cc3)c3ccc(C)cc3)ccc24)cc1. The van der Waals surface area contributed by atoms with E-state index in [-0.39, 0.29) is 0 Å². The summed E-state index contributed by atoms with van der Waals surface area (Å²) in [6.07, 6.45) is 0. The van der Waals surface area contributed by atoms with Crippen LogP contribution in [-0.2, 0) is 0 Å². The number of anilines is 6. The molecule has 2 heterocycles. The van der Waals surface area contributed by atoms with E-state index in [9.17, 15) is 0 Å². The zero-order valence-electron chi connectivity index (χ0n) is 28.6. The Kier molecular flexibility index (Phi) is 7.22. The van der Waals surface area contributed by atoms with Crippen molar-refractivity contribution in [1.82, 2.24) is 0 Å². The van der Waals surface area contributed by atoms with Gasteiger partial charge in [-0.1, -0.05) is 76.9 Å². The predicted octanol–water partition coefficient (Wildman–Crippen LogP) is 14.1. The van der Waals surface area contributed by atoms with E-state index in [1.165, 1.54) is 42.4 Å². The third-order valence-corrected chi connectivity index (χ3v) is 10.8. The molecule has 4 heteroatoms. The van der Waals surface area contributed by atoms with Crippen LogP contribution in [0.3, 0.4) is 0 Å². The van der Waals surface area contributed by atoms with Gasteiger partial charge in [-0.2, -0.15) is 0 Å². The number of aryl methyl sites for hydroxylation is 4. The molecule has 0 aliphatic carbocycles. The second kappa shape index (κ2) is 11.9. The van der Waals surface area contributed by atoms with Gasteiger partial charge in [-0.3, -0.25) is 0 Å². The monoisotopic (exact) mass is 664 g/mol. The molecule has 0 saturated heterocycles. The summed E-state index contributed by atoms with van der Waals surface area (Å²) in [4.78, 5) is 4.64. The smallest absolute Gasteiger partial charge is 0.137 e. The first kappa shape index (κ1) is 30.2. The first-order valence-electron chi connectivity index (χ1n) is 17.1. The minimum atomic E-state index is 0.887. The quantitative estimate of drug-likeness (QED) is 0.176. The molecule has 0 unspecified atom stereocenters. The zero-order valence-corrected chi connectivity index (χ0v) is 29.4. The largest absolute Gasteiger partial charge is 0.456 e. The molecule has 242 valence electrons. The molecule has 50 heavy (non-hydrogen) atoms. The highest BCUT2D eigenvalue weighted by Gasteiger charge is 2.18. The molecule has 0 aliphatic rings. The molecule has 2 aromatic heterocycles. The number of rotatable bonds is 6. The van der Waals surface area contributed by atoms with E-state index in [1.807, 2.05) is 11.3 Å². The van der Waals surface area contributed by atoms with E-state index in [1.54, 1.807) is 0 Å². The third kappa shape index (κ3) is 5.29. The fourth-order valence-corrected chi connectivity index (χ4v) is 8.13. The molecule has 3 nitrogen and oxygen atoms in total.